The molecule has 1 unspecified atom stereocenters. The lowest BCUT2D eigenvalue weighted by atomic mass is 10.3. The van der Waals surface area contributed by atoms with E-state index in [1.165, 1.54) is 23.5 Å². The van der Waals surface area contributed by atoms with Crippen LogP contribution >= 0.6 is 11.3 Å². The molecule has 0 fully saturated rings. The van der Waals surface area contributed by atoms with E-state index in [4.69, 9.17) is 4.74 Å². The van der Waals surface area contributed by atoms with Crippen LogP contribution in [-0.2, 0) is 10.0 Å². The number of guanidine groups is 1. The molecule has 1 aromatic heterocycles. The average molecular weight is 429 g/mol. The van der Waals surface area contributed by atoms with Crippen LogP contribution in [0.2, 0.25) is 0 Å². The van der Waals surface area contributed by atoms with Gasteiger partial charge in [0, 0.05) is 25.7 Å². The third-order valence-corrected chi connectivity index (χ3v) is 6.31. The smallest absolute Gasteiger partial charge is 0.250 e. The van der Waals surface area contributed by atoms with Gasteiger partial charge < -0.3 is 15.4 Å². The highest BCUT2D eigenvalue weighted by Crippen LogP contribution is 2.15. The van der Waals surface area contributed by atoms with Gasteiger partial charge in [0.15, 0.2) is 5.96 Å². The SMILES string of the molecule is CCNC(=NCC(C)Oc1cccc(F)c1)NCCNS(=O)(=O)c1cccs1. The predicted octanol–water partition coefficient (Wildman–Crippen LogP) is 2.19. The Labute approximate surface area is 169 Å². The fraction of sp³-hybridized carbons (Fsp3) is 0.389. The quantitative estimate of drug-likeness (QED) is 0.307. The molecule has 0 aliphatic carbocycles. The maximum atomic E-state index is 13.2. The van der Waals surface area contributed by atoms with E-state index >= 15 is 0 Å². The molecular weight excluding hydrogens is 403 g/mol. The molecule has 10 heteroatoms. The molecule has 1 heterocycles. The van der Waals surface area contributed by atoms with Gasteiger partial charge in [0.2, 0.25) is 10.0 Å². The first-order valence-corrected chi connectivity index (χ1v) is 11.2. The van der Waals surface area contributed by atoms with Crippen molar-refractivity contribution in [2.24, 2.45) is 4.99 Å². The van der Waals surface area contributed by atoms with Crippen molar-refractivity contribution in [3.8, 4) is 5.75 Å². The van der Waals surface area contributed by atoms with E-state index in [1.54, 1.807) is 29.6 Å². The molecule has 2 aromatic rings. The summed E-state index contributed by atoms with van der Waals surface area (Å²) in [6, 6.07) is 9.21. The average Bonchev–Trinajstić information content (AvgIpc) is 3.19. The first-order valence-electron chi connectivity index (χ1n) is 8.88. The normalized spacial score (nSPS) is 13.2. The molecule has 1 atom stereocenters. The summed E-state index contributed by atoms with van der Waals surface area (Å²) in [5.41, 5.74) is 0. The molecule has 0 radical (unpaired) electrons. The van der Waals surface area contributed by atoms with Crippen molar-refractivity contribution in [1.29, 1.82) is 0 Å². The number of halogens is 1. The van der Waals surface area contributed by atoms with Crippen molar-refractivity contribution >= 4 is 27.3 Å². The molecule has 2 rings (SSSR count). The van der Waals surface area contributed by atoms with Crippen LogP contribution in [0.4, 0.5) is 4.39 Å². The maximum absolute atomic E-state index is 13.2. The lowest BCUT2D eigenvalue weighted by Gasteiger charge is -2.15. The zero-order valence-corrected chi connectivity index (χ0v) is 17.4. The van der Waals surface area contributed by atoms with Crippen LogP contribution < -0.4 is 20.1 Å². The van der Waals surface area contributed by atoms with Crippen molar-refractivity contribution in [3.05, 3.63) is 47.6 Å². The summed E-state index contributed by atoms with van der Waals surface area (Å²) in [4.78, 5) is 4.42. The predicted molar refractivity (Wildman–Crippen MR) is 110 cm³/mol. The Hall–Kier alpha value is -2.17. The molecule has 154 valence electrons. The van der Waals surface area contributed by atoms with E-state index in [1.807, 2.05) is 13.8 Å². The molecule has 0 aliphatic rings. The minimum Gasteiger partial charge on any atom is -0.489 e. The van der Waals surface area contributed by atoms with E-state index < -0.39 is 10.0 Å². The number of sulfonamides is 1. The fourth-order valence-electron chi connectivity index (χ4n) is 2.23. The number of benzene rings is 1. The monoisotopic (exact) mass is 428 g/mol. The molecule has 1 aromatic carbocycles. The Morgan fingerprint density at radius 2 is 2.07 bits per heavy atom. The third-order valence-electron chi connectivity index (χ3n) is 3.45. The number of aliphatic imine (C=N–C) groups is 1. The topological polar surface area (TPSA) is 91.8 Å². The van der Waals surface area contributed by atoms with Gasteiger partial charge in [-0.3, -0.25) is 0 Å². The molecule has 0 aliphatic heterocycles. The van der Waals surface area contributed by atoms with Gasteiger partial charge >= 0.3 is 0 Å². The lowest BCUT2D eigenvalue weighted by molar-refractivity contribution is 0.229. The van der Waals surface area contributed by atoms with E-state index in [9.17, 15) is 12.8 Å². The standard InChI is InChI=1S/C18H25FN4O3S2/c1-3-20-18(21-9-10-23-28(24,25)17-8-5-11-27-17)22-13-14(2)26-16-7-4-6-15(19)12-16/h4-8,11-12,14,23H,3,9-10,13H2,1-2H3,(H2,20,21,22). The minimum absolute atomic E-state index is 0.222. The highest BCUT2D eigenvalue weighted by atomic mass is 32.2. The van der Waals surface area contributed by atoms with Gasteiger partial charge in [0.1, 0.15) is 21.9 Å². The Kier molecular flexibility index (Phi) is 8.68. The van der Waals surface area contributed by atoms with E-state index in [-0.39, 0.29) is 22.7 Å². The zero-order chi connectivity index (χ0) is 20.4. The van der Waals surface area contributed by atoms with E-state index in [2.05, 4.69) is 20.3 Å². The van der Waals surface area contributed by atoms with Gasteiger partial charge in [-0.05, 0) is 37.4 Å². The molecule has 0 saturated carbocycles. The Morgan fingerprint density at radius 3 is 2.75 bits per heavy atom. The van der Waals surface area contributed by atoms with Crippen LogP contribution in [0.5, 0.6) is 5.75 Å². The van der Waals surface area contributed by atoms with Gasteiger partial charge in [-0.2, -0.15) is 0 Å². The van der Waals surface area contributed by atoms with Gasteiger partial charge in [0.05, 0.1) is 6.54 Å². The maximum Gasteiger partial charge on any atom is 0.250 e. The van der Waals surface area contributed by atoms with Crippen LogP contribution in [0.1, 0.15) is 13.8 Å². The first-order chi connectivity index (χ1) is 13.4. The van der Waals surface area contributed by atoms with Gasteiger partial charge in [-0.25, -0.2) is 22.5 Å². The van der Waals surface area contributed by atoms with Crippen LogP contribution in [0.3, 0.4) is 0 Å². The number of hydrogen-bond acceptors (Lipinski definition) is 5. The Balaban J connectivity index is 1.79. The Bertz CT molecular complexity index is 857. The second kappa shape index (κ2) is 11.0. The second-order valence-corrected chi connectivity index (χ2v) is 8.80. The van der Waals surface area contributed by atoms with E-state index in [0.717, 1.165) is 0 Å². The molecule has 3 N–H and O–H groups in total. The summed E-state index contributed by atoms with van der Waals surface area (Å²) in [6.07, 6.45) is -0.255. The first kappa shape index (κ1) is 22.1. The summed E-state index contributed by atoms with van der Waals surface area (Å²) >= 11 is 1.17. The minimum atomic E-state index is -3.47. The van der Waals surface area contributed by atoms with Crippen molar-refractivity contribution in [1.82, 2.24) is 15.4 Å². The summed E-state index contributed by atoms with van der Waals surface area (Å²) in [5, 5.41) is 7.87. The summed E-state index contributed by atoms with van der Waals surface area (Å²) in [6.45, 7) is 5.38. The molecule has 0 bridgehead atoms. The highest BCUT2D eigenvalue weighted by Gasteiger charge is 2.13. The van der Waals surface area contributed by atoms with Crippen molar-refractivity contribution in [2.45, 2.75) is 24.2 Å². The summed E-state index contributed by atoms with van der Waals surface area (Å²) in [5.74, 6) is 0.643. The fourth-order valence-corrected chi connectivity index (χ4v) is 4.29. The van der Waals surface area contributed by atoms with Gasteiger partial charge in [0.25, 0.3) is 0 Å². The van der Waals surface area contributed by atoms with Crippen molar-refractivity contribution < 1.29 is 17.5 Å². The number of ether oxygens (including phenoxy) is 1. The molecule has 7 nitrogen and oxygen atoms in total. The van der Waals surface area contributed by atoms with Crippen LogP contribution in [0, 0.1) is 5.82 Å². The zero-order valence-electron chi connectivity index (χ0n) is 15.8. The number of nitrogens with zero attached hydrogens (tertiary/aromatic N) is 1. The number of rotatable bonds is 10. The molecule has 0 spiro atoms. The van der Waals surface area contributed by atoms with Crippen LogP contribution in [-0.4, -0.2) is 46.7 Å². The number of nitrogens with one attached hydrogen (secondary N) is 3. The molecular formula is C18H25FN4O3S2. The summed E-state index contributed by atoms with van der Waals surface area (Å²) < 4.78 is 45.8. The molecule has 0 saturated heterocycles. The van der Waals surface area contributed by atoms with E-state index in [0.29, 0.717) is 31.3 Å². The molecule has 28 heavy (non-hydrogen) atoms. The Morgan fingerprint density at radius 1 is 1.25 bits per heavy atom. The van der Waals surface area contributed by atoms with Crippen LogP contribution in [0.25, 0.3) is 0 Å². The van der Waals surface area contributed by atoms with Gasteiger partial charge in [-0.15, -0.1) is 11.3 Å². The molecule has 0 amide bonds. The highest BCUT2D eigenvalue weighted by molar-refractivity contribution is 7.91. The lowest BCUT2D eigenvalue weighted by Crippen LogP contribution is -2.42. The number of hydrogen-bond donors (Lipinski definition) is 3. The third kappa shape index (κ3) is 7.45. The number of thiophene rings is 1. The van der Waals surface area contributed by atoms with Crippen molar-refractivity contribution in [3.63, 3.8) is 0 Å². The second-order valence-electron chi connectivity index (χ2n) is 5.86. The van der Waals surface area contributed by atoms with Crippen LogP contribution in [0.15, 0.2) is 51.0 Å². The largest absolute Gasteiger partial charge is 0.489 e. The summed E-state index contributed by atoms with van der Waals surface area (Å²) in [7, 11) is -3.47. The van der Waals surface area contributed by atoms with Gasteiger partial charge in [-0.1, -0.05) is 12.1 Å². The van der Waals surface area contributed by atoms with Crippen molar-refractivity contribution in [2.75, 3.05) is 26.2 Å².